The number of hydrogen-bond donors (Lipinski definition) is 2. The first-order valence-corrected chi connectivity index (χ1v) is 11.6. The van der Waals surface area contributed by atoms with Crippen LogP contribution in [-0.4, -0.2) is 68.0 Å². The third kappa shape index (κ3) is 8.05. The van der Waals surface area contributed by atoms with Crippen LogP contribution in [0.25, 0.3) is 0 Å². The lowest BCUT2D eigenvalue weighted by molar-refractivity contribution is -0.131. The van der Waals surface area contributed by atoms with Gasteiger partial charge < -0.3 is 20.4 Å². The van der Waals surface area contributed by atoms with E-state index in [1.165, 1.54) is 49.2 Å². The molecular weight excluding hydrogens is 497 g/mol. The lowest BCUT2D eigenvalue weighted by Gasteiger charge is -2.27. The molecule has 8 heteroatoms. The van der Waals surface area contributed by atoms with Gasteiger partial charge in [-0.1, -0.05) is 12.8 Å². The summed E-state index contributed by atoms with van der Waals surface area (Å²) < 4.78 is 0. The van der Waals surface area contributed by atoms with Gasteiger partial charge in [-0.3, -0.25) is 9.79 Å². The lowest BCUT2D eigenvalue weighted by atomic mass is 10.1. The van der Waals surface area contributed by atoms with Crippen LogP contribution in [0, 0.1) is 0 Å². The SMILES string of the molecule is CN=C(NCCCN1CCCCCC1)NCCC(=O)N1CCc2sccc2C1.I. The largest absolute Gasteiger partial charge is 0.356 e. The smallest absolute Gasteiger partial charge is 0.224 e. The number of guanidine groups is 1. The van der Waals surface area contributed by atoms with Gasteiger partial charge in [0.25, 0.3) is 0 Å². The lowest BCUT2D eigenvalue weighted by Crippen LogP contribution is -2.41. The van der Waals surface area contributed by atoms with E-state index in [4.69, 9.17) is 0 Å². The monoisotopic (exact) mass is 533 g/mol. The third-order valence-corrected chi connectivity index (χ3v) is 6.68. The second kappa shape index (κ2) is 13.4. The normalized spacial score (nSPS) is 17.8. The standard InChI is InChI=1S/C21H35N5OS.HI/c1-22-21(23-10-6-14-25-12-4-2-3-5-13-25)24-11-7-20(27)26-15-8-19-18(17-26)9-16-28-19;/h9,16H,2-8,10-15,17H2,1H3,(H2,22,23,24);1H. The summed E-state index contributed by atoms with van der Waals surface area (Å²) >= 11 is 1.81. The Balaban J connectivity index is 0.00000300. The van der Waals surface area contributed by atoms with Gasteiger partial charge in [-0.15, -0.1) is 35.3 Å². The van der Waals surface area contributed by atoms with Gasteiger partial charge in [0.1, 0.15) is 0 Å². The zero-order chi connectivity index (χ0) is 19.6. The third-order valence-electron chi connectivity index (χ3n) is 5.66. The van der Waals surface area contributed by atoms with Crippen molar-refractivity contribution in [2.24, 2.45) is 4.99 Å². The van der Waals surface area contributed by atoms with Crippen LogP contribution in [0.3, 0.4) is 0 Å². The van der Waals surface area contributed by atoms with Crippen molar-refractivity contribution in [1.82, 2.24) is 20.4 Å². The van der Waals surface area contributed by atoms with Crippen molar-refractivity contribution >= 4 is 47.2 Å². The molecule has 29 heavy (non-hydrogen) atoms. The molecule has 0 unspecified atom stereocenters. The van der Waals surface area contributed by atoms with E-state index in [-0.39, 0.29) is 29.9 Å². The Morgan fingerprint density at radius 3 is 2.66 bits per heavy atom. The summed E-state index contributed by atoms with van der Waals surface area (Å²) in [4.78, 5) is 22.8. The number of thiophene rings is 1. The van der Waals surface area contributed by atoms with Crippen molar-refractivity contribution in [2.75, 3.05) is 46.3 Å². The molecule has 2 aliphatic heterocycles. The molecule has 0 atom stereocenters. The fourth-order valence-electron chi connectivity index (χ4n) is 4.00. The molecule has 1 amide bonds. The molecule has 0 bridgehead atoms. The van der Waals surface area contributed by atoms with E-state index in [9.17, 15) is 4.79 Å². The summed E-state index contributed by atoms with van der Waals surface area (Å²) in [6, 6.07) is 2.15. The molecule has 1 fully saturated rings. The van der Waals surface area contributed by atoms with E-state index in [2.05, 4.69) is 32.0 Å². The average molecular weight is 534 g/mol. The number of nitrogens with one attached hydrogen (secondary N) is 2. The predicted molar refractivity (Wildman–Crippen MR) is 132 cm³/mol. The van der Waals surface area contributed by atoms with E-state index in [1.807, 2.05) is 4.90 Å². The average Bonchev–Trinajstić information content (AvgIpc) is 3.03. The molecule has 0 radical (unpaired) electrons. The highest BCUT2D eigenvalue weighted by Gasteiger charge is 2.21. The van der Waals surface area contributed by atoms with Gasteiger partial charge in [-0.25, -0.2) is 0 Å². The van der Waals surface area contributed by atoms with E-state index < -0.39 is 0 Å². The van der Waals surface area contributed by atoms with Crippen molar-refractivity contribution in [3.05, 3.63) is 21.9 Å². The van der Waals surface area contributed by atoms with Crippen LogP contribution in [0.4, 0.5) is 0 Å². The number of halogens is 1. The number of amides is 1. The fraction of sp³-hybridized carbons (Fsp3) is 0.714. The van der Waals surface area contributed by atoms with Crippen molar-refractivity contribution in [2.45, 2.75) is 51.5 Å². The molecule has 164 valence electrons. The van der Waals surface area contributed by atoms with E-state index in [0.717, 1.165) is 45.0 Å². The number of nitrogens with zero attached hydrogens (tertiary/aromatic N) is 3. The van der Waals surface area contributed by atoms with Gasteiger partial charge in [0.05, 0.1) is 0 Å². The van der Waals surface area contributed by atoms with Crippen LogP contribution in [-0.2, 0) is 17.8 Å². The molecule has 0 aliphatic carbocycles. The van der Waals surface area contributed by atoms with Crippen LogP contribution >= 0.6 is 35.3 Å². The van der Waals surface area contributed by atoms with Crippen molar-refractivity contribution in [3.63, 3.8) is 0 Å². The maximum Gasteiger partial charge on any atom is 0.224 e. The topological polar surface area (TPSA) is 60.0 Å². The number of fused-ring (bicyclic) bond motifs is 1. The number of carbonyl (C=O) groups excluding carboxylic acids is 1. The minimum absolute atomic E-state index is 0. The second-order valence-corrected chi connectivity index (χ2v) is 8.72. The van der Waals surface area contributed by atoms with Crippen LogP contribution in [0.5, 0.6) is 0 Å². The number of aliphatic imine (C=N–C) groups is 1. The highest BCUT2D eigenvalue weighted by atomic mass is 127. The minimum Gasteiger partial charge on any atom is -0.356 e. The maximum absolute atomic E-state index is 12.5. The molecule has 0 aromatic carbocycles. The van der Waals surface area contributed by atoms with E-state index in [1.54, 1.807) is 18.4 Å². The highest BCUT2D eigenvalue weighted by Crippen LogP contribution is 2.24. The molecule has 1 aromatic rings. The predicted octanol–water partition coefficient (Wildman–Crippen LogP) is 3.07. The van der Waals surface area contributed by atoms with Crippen LogP contribution in [0.2, 0.25) is 0 Å². The van der Waals surface area contributed by atoms with Crippen molar-refractivity contribution < 1.29 is 4.79 Å². The quantitative estimate of drug-likeness (QED) is 0.245. The zero-order valence-corrected chi connectivity index (χ0v) is 20.8. The molecule has 2 aliphatic rings. The summed E-state index contributed by atoms with van der Waals surface area (Å²) in [5.74, 6) is 1.02. The molecular formula is C21H36IN5OS. The summed E-state index contributed by atoms with van der Waals surface area (Å²) in [5.41, 5.74) is 1.32. The minimum atomic E-state index is 0. The summed E-state index contributed by atoms with van der Waals surface area (Å²) in [6.45, 7) is 6.80. The first-order chi connectivity index (χ1) is 13.8. The molecule has 1 aromatic heterocycles. The Labute approximate surface area is 196 Å². The Hall–Kier alpha value is -0.870. The highest BCUT2D eigenvalue weighted by molar-refractivity contribution is 14.0. The van der Waals surface area contributed by atoms with Gasteiger partial charge in [-0.2, -0.15) is 0 Å². The molecule has 6 nitrogen and oxygen atoms in total. The Morgan fingerprint density at radius 1 is 1.14 bits per heavy atom. The van der Waals surface area contributed by atoms with Gasteiger partial charge in [0.2, 0.25) is 5.91 Å². The van der Waals surface area contributed by atoms with Gasteiger partial charge >= 0.3 is 0 Å². The molecule has 3 rings (SSSR count). The van der Waals surface area contributed by atoms with E-state index >= 15 is 0 Å². The Kier molecular flexibility index (Phi) is 11.3. The fourth-order valence-corrected chi connectivity index (χ4v) is 4.89. The molecule has 3 heterocycles. The Morgan fingerprint density at radius 2 is 1.90 bits per heavy atom. The molecule has 0 spiro atoms. The van der Waals surface area contributed by atoms with Crippen molar-refractivity contribution in [3.8, 4) is 0 Å². The molecule has 2 N–H and O–H groups in total. The van der Waals surface area contributed by atoms with Crippen molar-refractivity contribution in [1.29, 1.82) is 0 Å². The first-order valence-electron chi connectivity index (χ1n) is 10.8. The summed E-state index contributed by atoms with van der Waals surface area (Å²) in [7, 11) is 1.79. The summed E-state index contributed by atoms with van der Waals surface area (Å²) in [6.07, 6.45) is 8.08. The Bertz CT molecular complexity index is 643. The van der Waals surface area contributed by atoms with Crippen LogP contribution in [0.1, 0.15) is 49.0 Å². The first kappa shape index (κ1) is 24.4. The van der Waals surface area contributed by atoms with Gasteiger partial charge in [0, 0.05) is 44.5 Å². The summed E-state index contributed by atoms with van der Waals surface area (Å²) in [5, 5.41) is 8.79. The van der Waals surface area contributed by atoms with E-state index in [0.29, 0.717) is 13.0 Å². The number of rotatable bonds is 7. The molecule has 0 saturated carbocycles. The number of carbonyl (C=O) groups is 1. The number of hydrogen-bond acceptors (Lipinski definition) is 4. The number of likely N-dealkylation sites (tertiary alicyclic amines) is 1. The molecule has 1 saturated heterocycles. The van der Waals surface area contributed by atoms with Gasteiger partial charge in [-0.05, 0) is 62.3 Å². The second-order valence-electron chi connectivity index (χ2n) is 7.72. The van der Waals surface area contributed by atoms with Crippen LogP contribution < -0.4 is 10.6 Å². The zero-order valence-electron chi connectivity index (χ0n) is 17.6. The van der Waals surface area contributed by atoms with Crippen LogP contribution in [0.15, 0.2) is 16.4 Å². The maximum atomic E-state index is 12.5. The van der Waals surface area contributed by atoms with Gasteiger partial charge in [0.15, 0.2) is 5.96 Å².